The van der Waals surface area contributed by atoms with Crippen LogP contribution in [0.25, 0.3) is 0 Å². The summed E-state index contributed by atoms with van der Waals surface area (Å²) in [7, 11) is 0. The second-order valence-electron chi connectivity index (χ2n) is 7.56. The van der Waals surface area contributed by atoms with Crippen molar-refractivity contribution < 1.29 is 9.53 Å². The average molecular weight is 383 g/mol. The maximum atomic E-state index is 13.0. The van der Waals surface area contributed by atoms with Crippen molar-refractivity contribution in [2.45, 2.75) is 59.2 Å². The van der Waals surface area contributed by atoms with Gasteiger partial charge in [-0.15, -0.1) is 0 Å². The average Bonchev–Trinajstić information content (AvgIpc) is 3.15. The highest BCUT2D eigenvalue weighted by Gasteiger charge is 2.23. The predicted molar refractivity (Wildman–Crippen MR) is 108 cm³/mol. The van der Waals surface area contributed by atoms with Crippen molar-refractivity contribution in [3.63, 3.8) is 0 Å². The molecular weight excluding hydrogens is 354 g/mol. The summed E-state index contributed by atoms with van der Waals surface area (Å²) in [5, 5.41) is 0. The van der Waals surface area contributed by atoms with Gasteiger partial charge in [0.25, 0.3) is 0 Å². The Balaban J connectivity index is 1.72. The van der Waals surface area contributed by atoms with Crippen LogP contribution in [-0.4, -0.2) is 39.6 Å². The van der Waals surface area contributed by atoms with E-state index in [1.54, 1.807) is 11.5 Å². The van der Waals surface area contributed by atoms with Gasteiger partial charge in [-0.2, -0.15) is 4.98 Å². The highest BCUT2D eigenvalue weighted by atomic mass is 16.5. The van der Waals surface area contributed by atoms with Crippen LogP contribution in [0.2, 0.25) is 0 Å². The fraction of sp³-hybridized carbons (Fsp3) is 0.500. The Bertz CT molecular complexity index is 885. The minimum Gasteiger partial charge on any atom is -0.376 e. The van der Waals surface area contributed by atoms with E-state index in [4.69, 9.17) is 4.74 Å². The quantitative estimate of drug-likeness (QED) is 0.737. The van der Waals surface area contributed by atoms with Crippen molar-refractivity contribution in [1.29, 1.82) is 0 Å². The van der Waals surface area contributed by atoms with E-state index in [-0.39, 0.29) is 24.1 Å². The van der Waals surface area contributed by atoms with Gasteiger partial charge in [0.05, 0.1) is 6.10 Å². The number of hydrogen-bond acceptors (Lipinski definition) is 4. The first-order valence-corrected chi connectivity index (χ1v) is 9.93. The zero-order valence-corrected chi connectivity index (χ0v) is 17.0. The molecule has 0 aliphatic carbocycles. The number of nitrogens with zero attached hydrogens (tertiary/aromatic N) is 3. The molecule has 150 valence electrons. The van der Waals surface area contributed by atoms with Gasteiger partial charge < -0.3 is 9.64 Å². The molecule has 0 spiro atoms. The topological polar surface area (TPSA) is 64.4 Å². The van der Waals surface area contributed by atoms with Crippen molar-refractivity contribution in [2.75, 3.05) is 13.2 Å². The zero-order valence-electron chi connectivity index (χ0n) is 17.0. The predicted octanol–water partition coefficient (Wildman–Crippen LogP) is 2.77. The summed E-state index contributed by atoms with van der Waals surface area (Å²) < 4.78 is 7.33. The van der Waals surface area contributed by atoms with E-state index in [2.05, 4.69) is 24.0 Å². The lowest BCUT2D eigenvalue weighted by molar-refractivity contribution is -0.133. The Morgan fingerprint density at radius 1 is 1.29 bits per heavy atom. The summed E-state index contributed by atoms with van der Waals surface area (Å²) >= 11 is 0. The van der Waals surface area contributed by atoms with Gasteiger partial charge in [-0.25, -0.2) is 4.79 Å². The Hall–Kier alpha value is -2.47. The SMILES string of the molecule is Cc1cc(C)n(CCC(=O)N(Cc2ccccc2C)CC2CCCO2)c(=O)n1. The molecule has 0 bridgehead atoms. The van der Waals surface area contributed by atoms with Gasteiger partial charge in [0.2, 0.25) is 5.91 Å². The summed E-state index contributed by atoms with van der Waals surface area (Å²) in [6, 6.07) is 9.99. The highest BCUT2D eigenvalue weighted by molar-refractivity contribution is 5.76. The van der Waals surface area contributed by atoms with Gasteiger partial charge in [0.1, 0.15) is 0 Å². The molecule has 2 heterocycles. The number of carbonyl (C=O) groups is 1. The Morgan fingerprint density at radius 2 is 2.07 bits per heavy atom. The van der Waals surface area contributed by atoms with E-state index >= 15 is 0 Å². The molecule has 6 heteroatoms. The lowest BCUT2D eigenvalue weighted by Gasteiger charge is -2.26. The maximum absolute atomic E-state index is 13.0. The van der Waals surface area contributed by atoms with Crippen LogP contribution in [0.4, 0.5) is 0 Å². The second-order valence-corrected chi connectivity index (χ2v) is 7.56. The van der Waals surface area contributed by atoms with Crippen LogP contribution < -0.4 is 5.69 Å². The molecule has 28 heavy (non-hydrogen) atoms. The smallest absolute Gasteiger partial charge is 0.347 e. The van der Waals surface area contributed by atoms with Crippen LogP contribution >= 0.6 is 0 Å². The number of hydrogen-bond donors (Lipinski definition) is 0. The molecule has 6 nitrogen and oxygen atoms in total. The molecule has 0 N–H and O–H groups in total. The van der Waals surface area contributed by atoms with Gasteiger partial charge in [-0.3, -0.25) is 9.36 Å². The molecule has 0 saturated carbocycles. The summed E-state index contributed by atoms with van der Waals surface area (Å²) in [4.78, 5) is 31.1. The van der Waals surface area contributed by atoms with E-state index in [1.807, 2.05) is 30.0 Å². The molecule has 1 aliphatic heterocycles. The van der Waals surface area contributed by atoms with Crippen LogP contribution in [0.3, 0.4) is 0 Å². The summed E-state index contributed by atoms with van der Waals surface area (Å²) in [5.74, 6) is 0.0330. The largest absolute Gasteiger partial charge is 0.376 e. The van der Waals surface area contributed by atoms with Gasteiger partial charge >= 0.3 is 5.69 Å². The first-order valence-electron chi connectivity index (χ1n) is 9.93. The molecule has 1 unspecified atom stereocenters. The lowest BCUT2D eigenvalue weighted by atomic mass is 10.1. The van der Waals surface area contributed by atoms with Crippen LogP contribution in [0.15, 0.2) is 35.1 Å². The van der Waals surface area contributed by atoms with Crippen molar-refractivity contribution in [2.24, 2.45) is 0 Å². The molecule has 2 aromatic rings. The van der Waals surface area contributed by atoms with Crippen LogP contribution in [0.5, 0.6) is 0 Å². The zero-order chi connectivity index (χ0) is 20.1. The Labute approximate surface area is 166 Å². The van der Waals surface area contributed by atoms with E-state index in [1.165, 1.54) is 5.56 Å². The Kier molecular flexibility index (Phi) is 6.62. The monoisotopic (exact) mass is 383 g/mol. The molecule has 1 amide bonds. The van der Waals surface area contributed by atoms with Gasteiger partial charge in [-0.05, 0) is 50.8 Å². The van der Waals surface area contributed by atoms with Crippen LogP contribution in [-0.2, 0) is 22.6 Å². The van der Waals surface area contributed by atoms with E-state index in [0.717, 1.165) is 30.7 Å². The van der Waals surface area contributed by atoms with E-state index < -0.39 is 0 Å². The number of ether oxygens (including phenoxy) is 1. The normalized spacial score (nSPS) is 16.3. The van der Waals surface area contributed by atoms with Crippen molar-refractivity contribution in [3.05, 3.63) is 63.3 Å². The second kappa shape index (κ2) is 9.15. The summed E-state index contributed by atoms with van der Waals surface area (Å²) in [5.41, 5.74) is 3.54. The number of aromatic nitrogens is 2. The molecule has 3 rings (SSSR count). The molecule has 1 fully saturated rings. The summed E-state index contributed by atoms with van der Waals surface area (Å²) in [6.45, 7) is 7.99. The molecule has 1 aliphatic rings. The van der Waals surface area contributed by atoms with Crippen molar-refractivity contribution in [1.82, 2.24) is 14.5 Å². The fourth-order valence-corrected chi connectivity index (χ4v) is 3.69. The van der Waals surface area contributed by atoms with E-state index in [0.29, 0.717) is 25.3 Å². The summed E-state index contributed by atoms with van der Waals surface area (Å²) in [6.07, 6.45) is 2.39. The van der Waals surface area contributed by atoms with Crippen LogP contribution in [0, 0.1) is 20.8 Å². The number of benzene rings is 1. The standard InChI is InChI=1S/C22H29N3O3/c1-16-7-4-5-8-19(16)14-24(15-20-9-6-12-28-20)21(26)10-11-25-18(3)13-17(2)23-22(25)27/h4-5,7-8,13,20H,6,9-12,14-15H2,1-3H3. The number of aryl methyl sites for hydroxylation is 3. The van der Waals surface area contributed by atoms with Gasteiger partial charge in [-0.1, -0.05) is 24.3 Å². The molecule has 1 saturated heterocycles. The van der Waals surface area contributed by atoms with Crippen molar-refractivity contribution >= 4 is 5.91 Å². The minimum absolute atomic E-state index is 0.0330. The minimum atomic E-state index is -0.296. The third-order valence-electron chi connectivity index (χ3n) is 5.32. The lowest BCUT2D eigenvalue weighted by Crippen LogP contribution is -2.38. The fourth-order valence-electron chi connectivity index (χ4n) is 3.69. The van der Waals surface area contributed by atoms with Gasteiger partial charge in [0, 0.05) is 44.0 Å². The Morgan fingerprint density at radius 3 is 2.75 bits per heavy atom. The first kappa shape index (κ1) is 20.3. The van der Waals surface area contributed by atoms with Gasteiger partial charge in [0.15, 0.2) is 0 Å². The number of rotatable bonds is 7. The van der Waals surface area contributed by atoms with Crippen LogP contribution in [0.1, 0.15) is 41.8 Å². The van der Waals surface area contributed by atoms with E-state index in [9.17, 15) is 9.59 Å². The molecular formula is C22H29N3O3. The first-order chi connectivity index (χ1) is 13.4. The molecule has 1 aromatic carbocycles. The number of carbonyl (C=O) groups excluding carboxylic acids is 1. The molecule has 1 aromatic heterocycles. The molecule has 1 atom stereocenters. The third-order valence-corrected chi connectivity index (χ3v) is 5.32. The number of amides is 1. The maximum Gasteiger partial charge on any atom is 0.347 e. The third kappa shape index (κ3) is 5.07. The van der Waals surface area contributed by atoms with Crippen molar-refractivity contribution in [3.8, 4) is 0 Å². The molecule has 0 radical (unpaired) electrons. The highest BCUT2D eigenvalue weighted by Crippen LogP contribution is 2.17.